The van der Waals surface area contributed by atoms with Crippen LogP contribution in [0.1, 0.15) is 20.7 Å². The minimum Gasteiger partial charge on any atom is -0.481 e. The van der Waals surface area contributed by atoms with Crippen molar-refractivity contribution in [3.63, 3.8) is 0 Å². The lowest BCUT2D eigenvalue weighted by Gasteiger charge is -2.11. The highest BCUT2D eigenvalue weighted by Gasteiger charge is 2.14. The smallest absolute Gasteiger partial charge is 0.337 e. The van der Waals surface area contributed by atoms with E-state index in [0.717, 1.165) is 0 Å². The fraction of sp³-hybridized carbons (Fsp3) is 0.118. The Balaban J connectivity index is 1.99. The molecule has 2 aromatic carbocycles. The molecule has 2 N–H and O–H groups in total. The van der Waals surface area contributed by atoms with Crippen molar-refractivity contribution < 1.29 is 29.0 Å². The molecule has 2 rings (SSSR count). The van der Waals surface area contributed by atoms with Crippen LogP contribution in [0.25, 0.3) is 0 Å². The first-order chi connectivity index (χ1) is 12.3. The van der Waals surface area contributed by atoms with E-state index in [4.69, 9.17) is 9.84 Å². The SMILES string of the molecule is COC(=O)c1ccc(NC(=O)COc2c(Br)cc(C(=O)O)cc2Br)cc1. The molecule has 0 unspecified atom stereocenters. The number of anilines is 1. The molecule has 0 spiro atoms. The molecule has 1 amide bonds. The van der Waals surface area contributed by atoms with Gasteiger partial charge in [0.2, 0.25) is 0 Å². The normalized spacial score (nSPS) is 10.1. The molecule has 0 saturated carbocycles. The number of ether oxygens (including phenoxy) is 2. The third-order valence-corrected chi connectivity index (χ3v) is 4.36. The van der Waals surface area contributed by atoms with Crippen LogP contribution in [0.15, 0.2) is 45.3 Å². The molecule has 9 heteroatoms. The van der Waals surface area contributed by atoms with Gasteiger partial charge in [-0.3, -0.25) is 4.79 Å². The van der Waals surface area contributed by atoms with E-state index in [1.807, 2.05) is 0 Å². The Bertz CT molecular complexity index is 828. The van der Waals surface area contributed by atoms with Crippen molar-refractivity contribution in [3.8, 4) is 5.75 Å². The molecule has 0 aliphatic carbocycles. The molecular formula is C17H13Br2NO6. The van der Waals surface area contributed by atoms with Gasteiger partial charge < -0.3 is 19.9 Å². The van der Waals surface area contributed by atoms with Crippen LogP contribution in [0.4, 0.5) is 5.69 Å². The van der Waals surface area contributed by atoms with Crippen molar-refractivity contribution in [1.82, 2.24) is 0 Å². The second-order valence-electron chi connectivity index (χ2n) is 4.98. The molecule has 0 radical (unpaired) electrons. The molecule has 0 aliphatic rings. The van der Waals surface area contributed by atoms with Gasteiger partial charge in [-0.05, 0) is 68.3 Å². The number of aromatic carboxylic acids is 1. The Hall–Kier alpha value is -2.39. The zero-order valence-electron chi connectivity index (χ0n) is 13.4. The average Bonchev–Trinajstić information content (AvgIpc) is 2.60. The van der Waals surface area contributed by atoms with Crippen molar-refractivity contribution in [1.29, 1.82) is 0 Å². The molecule has 0 aromatic heterocycles. The maximum absolute atomic E-state index is 12.0. The predicted octanol–water partition coefficient (Wildman–Crippen LogP) is 3.71. The van der Waals surface area contributed by atoms with Gasteiger partial charge in [0, 0.05) is 5.69 Å². The van der Waals surface area contributed by atoms with E-state index in [-0.39, 0.29) is 12.2 Å². The van der Waals surface area contributed by atoms with Gasteiger partial charge in [-0.25, -0.2) is 9.59 Å². The van der Waals surface area contributed by atoms with E-state index in [1.165, 1.54) is 31.4 Å². The number of hydrogen-bond acceptors (Lipinski definition) is 5. The van der Waals surface area contributed by atoms with Gasteiger partial charge in [0.05, 0.1) is 27.2 Å². The molecule has 2 aromatic rings. The van der Waals surface area contributed by atoms with Gasteiger partial charge in [-0.2, -0.15) is 0 Å². The summed E-state index contributed by atoms with van der Waals surface area (Å²) in [5, 5.41) is 11.6. The number of hydrogen-bond donors (Lipinski definition) is 2. The van der Waals surface area contributed by atoms with Gasteiger partial charge in [-0.15, -0.1) is 0 Å². The van der Waals surface area contributed by atoms with Crippen molar-refractivity contribution in [2.24, 2.45) is 0 Å². The summed E-state index contributed by atoms with van der Waals surface area (Å²) in [4.78, 5) is 34.4. The topological polar surface area (TPSA) is 102 Å². The Morgan fingerprint density at radius 1 is 1.04 bits per heavy atom. The molecule has 26 heavy (non-hydrogen) atoms. The number of carboxylic acid groups (broad SMARTS) is 1. The average molecular weight is 487 g/mol. The lowest BCUT2D eigenvalue weighted by Crippen LogP contribution is -2.20. The summed E-state index contributed by atoms with van der Waals surface area (Å²) in [6, 6.07) is 8.95. The summed E-state index contributed by atoms with van der Waals surface area (Å²) >= 11 is 6.44. The van der Waals surface area contributed by atoms with Crippen LogP contribution in [0.3, 0.4) is 0 Å². The van der Waals surface area contributed by atoms with Crippen LogP contribution in [0.2, 0.25) is 0 Å². The number of esters is 1. The van der Waals surface area contributed by atoms with E-state index in [2.05, 4.69) is 41.9 Å². The van der Waals surface area contributed by atoms with E-state index >= 15 is 0 Å². The Labute approximate surface area is 165 Å². The van der Waals surface area contributed by atoms with Gasteiger partial charge in [-0.1, -0.05) is 0 Å². The largest absolute Gasteiger partial charge is 0.481 e. The van der Waals surface area contributed by atoms with Gasteiger partial charge in [0.25, 0.3) is 5.91 Å². The summed E-state index contributed by atoms with van der Waals surface area (Å²) in [6.07, 6.45) is 0. The lowest BCUT2D eigenvalue weighted by molar-refractivity contribution is -0.118. The number of halogens is 2. The fourth-order valence-corrected chi connectivity index (χ4v) is 3.38. The summed E-state index contributed by atoms with van der Waals surface area (Å²) in [7, 11) is 1.29. The molecule has 0 fully saturated rings. The van der Waals surface area contributed by atoms with Crippen LogP contribution >= 0.6 is 31.9 Å². The van der Waals surface area contributed by atoms with Crippen LogP contribution in [0.5, 0.6) is 5.75 Å². The standard InChI is InChI=1S/C17H13Br2NO6/c1-25-17(24)9-2-4-11(5-3-9)20-14(21)8-26-15-12(18)6-10(16(22)23)7-13(15)19/h2-7H,8H2,1H3,(H,20,21)(H,22,23). The maximum atomic E-state index is 12.0. The highest BCUT2D eigenvalue weighted by Crippen LogP contribution is 2.34. The predicted molar refractivity (Wildman–Crippen MR) is 101 cm³/mol. The molecule has 136 valence electrons. The van der Waals surface area contributed by atoms with Gasteiger partial charge >= 0.3 is 11.9 Å². The second kappa shape index (κ2) is 8.81. The van der Waals surface area contributed by atoms with Gasteiger partial charge in [0.15, 0.2) is 6.61 Å². The Kier molecular flexibility index (Phi) is 6.76. The Morgan fingerprint density at radius 3 is 2.12 bits per heavy atom. The van der Waals surface area contributed by atoms with E-state index in [0.29, 0.717) is 25.9 Å². The first-order valence-electron chi connectivity index (χ1n) is 7.15. The van der Waals surface area contributed by atoms with Crippen LogP contribution in [0, 0.1) is 0 Å². The van der Waals surface area contributed by atoms with Crippen LogP contribution < -0.4 is 10.1 Å². The second-order valence-corrected chi connectivity index (χ2v) is 6.69. The fourth-order valence-electron chi connectivity index (χ4n) is 1.96. The van der Waals surface area contributed by atoms with E-state index in [9.17, 15) is 14.4 Å². The minimum absolute atomic E-state index is 0.0752. The van der Waals surface area contributed by atoms with Crippen LogP contribution in [-0.4, -0.2) is 36.7 Å². The van der Waals surface area contributed by atoms with Crippen LogP contribution in [-0.2, 0) is 9.53 Å². The maximum Gasteiger partial charge on any atom is 0.337 e. The quantitative estimate of drug-likeness (QED) is 0.603. The van der Waals surface area contributed by atoms with Crippen molar-refractivity contribution in [2.75, 3.05) is 19.0 Å². The molecule has 0 bridgehead atoms. The molecule has 0 heterocycles. The first-order valence-corrected chi connectivity index (χ1v) is 8.73. The minimum atomic E-state index is -1.08. The van der Waals surface area contributed by atoms with E-state index < -0.39 is 17.8 Å². The molecule has 7 nitrogen and oxygen atoms in total. The lowest BCUT2D eigenvalue weighted by atomic mass is 10.2. The number of benzene rings is 2. The summed E-state index contributed by atoms with van der Waals surface area (Å²) < 4.78 is 10.8. The molecule has 0 atom stereocenters. The van der Waals surface area contributed by atoms with Crippen molar-refractivity contribution in [2.45, 2.75) is 0 Å². The number of rotatable bonds is 6. The number of carbonyl (C=O) groups is 3. The molecular weight excluding hydrogens is 474 g/mol. The number of amides is 1. The number of carbonyl (C=O) groups excluding carboxylic acids is 2. The zero-order valence-corrected chi connectivity index (χ0v) is 16.6. The number of nitrogens with one attached hydrogen (secondary N) is 1. The third kappa shape index (κ3) is 5.06. The summed E-state index contributed by atoms with van der Waals surface area (Å²) in [6.45, 7) is -0.289. The van der Waals surface area contributed by atoms with Gasteiger partial charge in [0.1, 0.15) is 5.75 Å². The highest BCUT2D eigenvalue weighted by atomic mass is 79.9. The third-order valence-electron chi connectivity index (χ3n) is 3.18. The Morgan fingerprint density at radius 2 is 1.62 bits per heavy atom. The van der Waals surface area contributed by atoms with E-state index in [1.54, 1.807) is 12.1 Å². The molecule has 0 aliphatic heterocycles. The monoisotopic (exact) mass is 485 g/mol. The van der Waals surface area contributed by atoms with Crippen molar-refractivity contribution >= 4 is 55.4 Å². The first kappa shape index (κ1) is 19.9. The summed E-state index contributed by atoms with van der Waals surface area (Å²) in [5.41, 5.74) is 0.935. The summed E-state index contributed by atoms with van der Waals surface area (Å²) in [5.74, 6) is -1.65. The molecule has 0 saturated heterocycles. The highest BCUT2D eigenvalue weighted by molar-refractivity contribution is 9.11. The number of carboxylic acids is 1. The number of methoxy groups -OCH3 is 1. The zero-order chi connectivity index (χ0) is 19.3. The van der Waals surface area contributed by atoms with Crippen molar-refractivity contribution in [3.05, 3.63) is 56.5 Å².